The second-order valence-electron chi connectivity index (χ2n) is 6.02. The topological polar surface area (TPSA) is 64.0 Å². The normalized spacial score (nSPS) is 10.9. The molecule has 4 aromatic rings. The van der Waals surface area contributed by atoms with Crippen molar-refractivity contribution in [3.63, 3.8) is 0 Å². The van der Waals surface area contributed by atoms with Crippen molar-refractivity contribution in [2.45, 2.75) is 6.54 Å². The van der Waals surface area contributed by atoms with Crippen molar-refractivity contribution in [2.24, 2.45) is 0 Å². The maximum absolute atomic E-state index is 13.0. The average Bonchev–Trinajstić information content (AvgIpc) is 3.13. The molecule has 1 amide bonds. The molecule has 0 atom stereocenters. The van der Waals surface area contributed by atoms with E-state index in [-0.39, 0.29) is 17.1 Å². The number of thiophene rings is 1. The number of fused-ring (bicyclic) bond motifs is 1. The molecule has 0 aliphatic heterocycles. The van der Waals surface area contributed by atoms with Crippen LogP contribution < -0.4 is 10.9 Å². The number of aromatic nitrogens is 2. The van der Waals surface area contributed by atoms with E-state index in [1.165, 1.54) is 22.2 Å². The molecule has 0 aliphatic carbocycles. The Kier molecular flexibility index (Phi) is 5.17. The van der Waals surface area contributed by atoms with Gasteiger partial charge in [-0.15, -0.1) is 11.3 Å². The predicted octanol–water partition coefficient (Wildman–Crippen LogP) is 5.07. The van der Waals surface area contributed by atoms with Crippen LogP contribution in [0.2, 0.25) is 10.0 Å². The number of benzene rings is 2. The van der Waals surface area contributed by atoms with Crippen LogP contribution in [-0.2, 0) is 11.3 Å². The van der Waals surface area contributed by atoms with E-state index in [1.807, 2.05) is 35.7 Å². The molecule has 4 rings (SSSR count). The molecule has 0 saturated carbocycles. The van der Waals surface area contributed by atoms with Gasteiger partial charge in [0.15, 0.2) is 0 Å². The summed E-state index contributed by atoms with van der Waals surface area (Å²) in [6.07, 6.45) is 1.38. The van der Waals surface area contributed by atoms with Gasteiger partial charge in [0, 0.05) is 10.9 Å². The van der Waals surface area contributed by atoms with Crippen LogP contribution >= 0.6 is 34.5 Å². The minimum atomic E-state index is -0.399. The fourth-order valence-corrected chi connectivity index (χ4v) is 4.11. The smallest absolute Gasteiger partial charge is 0.263 e. The van der Waals surface area contributed by atoms with Crippen LogP contribution in [0.25, 0.3) is 21.3 Å². The van der Waals surface area contributed by atoms with Crippen molar-refractivity contribution in [1.82, 2.24) is 9.55 Å². The van der Waals surface area contributed by atoms with Crippen molar-refractivity contribution < 1.29 is 4.79 Å². The van der Waals surface area contributed by atoms with Gasteiger partial charge in [0.05, 0.1) is 27.4 Å². The first-order valence-electron chi connectivity index (χ1n) is 8.30. The molecule has 5 nitrogen and oxygen atoms in total. The van der Waals surface area contributed by atoms with E-state index >= 15 is 0 Å². The lowest BCUT2D eigenvalue weighted by Crippen LogP contribution is -2.27. The zero-order chi connectivity index (χ0) is 19.7. The van der Waals surface area contributed by atoms with Gasteiger partial charge >= 0.3 is 0 Å². The Morgan fingerprint density at radius 2 is 1.89 bits per heavy atom. The molecule has 0 spiro atoms. The first-order valence-corrected chi connectivity index (χ1v) is 9.94. The van der Waals surface area contributed by atoms with Crippen LogP contribution in [0.5, 0.6) is 0 Å². The Labute approximate surface area is 174 Å². The Morgan fingerprint density at radius 3 is 2.68 bits per heavy atom. The second kappa shape index (κ2) is 7.75. The number of hydrogen-bond acceptors (Lipinski definition) is 4. The summed E-state index contributed by atoms with van der Waals surface area (Å²) in [5.41, 5.74) is 1.87. The molecule has 140 valence electrons. The summed E-state index contributed by atoms with van der Waals surface area (Å²) in [4.78, 5) is 30.4. The quantitative estimate of drug-likeness (QED) is 0.492. The first kappa shape index (κ1) is 18.7. The molecule has 0 bridgehead atoms. The summed E-state index contributed by atoms with van der Waals surface area (Å²) in [6.45, 7) is -0.186. The number of halogens is 2. The fraction of sp³-hybridized carbons (Fsp3) is 0.0500. The Morgan fingerprint density at radius 1 is 1.11 bits per heavy atom. The van der Waals surface area contributed by atoms with E-state index in [9.17, 15) is 9.59 Å². The summed E-state index contributed by atoms with van der Waals surface area (Å²) in [5.74, 6) is -0.399. The minimum Gasteiger partial charge on any atom is -0.323 e. The standard InChI is InChI=1S/C20H13Cl2N3O2S/c21-14-7-4-8-15(18(14)22)24-16(26)9-25-11-23-19-17(20(25)27)13(10-28-19)12-5-2-1-3-6-12/h1-8,10-11H,9H2,(H,24,26). The van der Waals surface area contributed by atoms with Gasteiger partial charge in [0.25, 0.3) is 5.56 Å². The maximum Gasteiger partial charge on any atom is 0.263 e. The molecule has 0 radical (unpaired) electrons. The number of anilines is 1. The molecule has 8 heteroatoms. The van der Waals surface area contributed by atoms with Crippen molar-refractivity contribution in [2.75, 3.05) is 5.32 Å². The van der Waals surface area contributed by atoms with Crippen LogP contribution in [-0.4, -0.2) is 15.5 Å². The Hall–Kier alpha value is -2.67. The Balaban J connectivity index is 1.66. The highest BCUT2D eigenvalue weighted by Gasteiger charge is 2.15. The molecule has 28 heavy (non-hydrogen) atoms. The lowest BCUT2D eigenvalue weighted by atomic mass is 10.1. The minimum absolute atomic E-state index is 0.186. The number of hydrogen-bond donors (Lipinski definition) is 1. The predicted molar refractivity (Wildman–Crippen MR) is 114 cm³/mol. The zero-order valence-corrected chi connectivity index (χ0v) is 16.7. The molecular weight excluding hydrogens is 417 g/mol. The molecule has 0 fully saturated rings. The monoisotopic (exact) mass is 429 g/mol. The fourth-order valence-electron chi connectivity index (χ4n) is 2.86. The van der Waals surface area contributed by atoms with Crippen molar-refractivity contribution in [3.05, 3.63) is 80.6 Å². The van der Waals surface area contributed by atoms with Gasteiger partial charge in [-0.25, -0.2) is 4.98 Å². The van der Waals surface area contributed by atoms with Crippen LogP contribution in [0.1, 0.15) is 0 Å². The van der Waals surface area contributed by atoms with E-state index in [0.717, 1.165) is 11.1 Å². The molecular formula is C20H13Cl2N3O2S. The molecule has 2 heterocycles. The Bertz CT molecular complexity index is 1240. The third-order valence-corrected chi connectivity index (χ3v) is 5.89. The number of nitrogens with zero attached hydrogens (tertiary/aromatic N) is 2. The number of carbonyl (C=O) groups is 1. The number of rotatable bonds is 4. The van der Waals surface area contributed by atoms with Crippen molar-refractivity contribution in [1.29, 1.82) is 0 Å². The maximum atomic E-state index is 13.0. The summed E-state index contributed by atoms with van der Waals surface area (Å²) < 4.78 is 1.29. The van der Waals surface area contributed by atoms with Crippen molar-refractivity contribution >= 4 is 56.3 Å². The number of amides is 1. The van der Waals surface area contributed by atoms with Gasteiger partial charge in [0.2, 0.25) is 5.91 Å². The van der Waals surface area contributed by atoms with Crippen molar-refractivity contribution in [3.8, 4) is 11.1 Å². The van der Waals surface area contributed by atoms with E-state index in [0.29, 0.717) is 20.9 Å². The average molecular weight is 430 g/mol. The van der Waals surface area contributed by atoms with Gasteiger partial charge in [-0.05, 0) is 17.7 Å². The molecule has 0 aliphatic rings. The van der Waals surface area contributed by atoms with Crippen LogP contribution in [0, 0.1) is 0 Å². The third-order valence-electron chi connectivity index (χ3n) is 4.19. The SMILES string of the molecule is O=C(Cn1cnc2scc(-c3ccccc3)c2c1=O)Nc1cccc(Cl)c1Cl. The van der Waals surface area contributed by atoms with Gasteiger partial charge in [0.1, 0.15) is 11.4 Å². The van der Waals surface area contributed by atoms with E-state index < -0.39 is 5.91 Å². The molecule has 0 unspecified atom stereocenters. The van der Waals surface area contributed by atoms with Crippen LogP contribution in [0.4, 0.5) is 5.69 Å². The van der Waals surface area contributed by atoms with E-state index in [4.69, 9.17) is 23.2 Å². The molecule has 1 N–H and O–H groups in total. The van der Waals surface area contributed by atoms with Crippen LogP contribution in [0.3, 0.4) is 0 Å². The highest BCUT2D eigenvalue weighted by molar-refractivity contribution is 7.17. The summed E-state index contributed by atoms with van der Waals surface area (Å²) in [6, 6.07) is 14.6. The number of nitrogens with one attached hydrogen (secondary N) is 1. The van der Waals surface area contributed by atoms with Gasteiger partial charge in [-0.2, -0.15) is 0 Å². The molecule has 0 saturated heterocycles. The van der Waals surface area contributed by atoms with Gasteiger partial charge in [-0.1, -0.05) is 59.6 Å². The van der Waals surface area contributed by atoms with E-state index in [1.54, 1.807) is 18.2 Å². The van der Waals surface area contributed by atoms with Crippen LogP contribution in [0.15, 0.2) is 65.0 Å². The largest absolute Gasteiger partial charge is 0.323 e. The van der Waals surface area contributed by atoms with E-state index in [2.05, 4.69) is 10.3 Å². The van der Waals surface area contributed by atoms with Gasteiger partial charge in [-0.3, -0.25) is 14.2 Å². The zero-order valence-electron chi connectivity index (χ0n) is 14.4. The highest BCUT2D eigenvalue weighted by atomic mass is 35.5. The first-order chi connectivity index (χ1) is 13.5. The second-order valence-corrected chi connectivity index (χ2v) is 7.67. The summed E-state index contributed by atoms with van der Waals surface area (Å²) in [5, 5.41) is 5.68. The van der Waals surface area contributed by atoms with Gasteiger partial charge < -0.3 is 5.32 Å². The molecule has 2 aromatic carbocycles. The number of carbonyl (C=O) groups excluding carboxylic acids is 1. The summed E-state index contributed by atoms with van der Waals surface area (Å²) >= 11 is 13.5. The lowest BCUT2D eigenvalue weighted by Gasteiger charge is -2.09. The molecule has 2 aromatic heterocycles. The highest BCUT2D eigenvalue weighted by Crippen LogP contribution is 2.31. The third kappa shape index (κ3) is 3.54. The summed E-state index contributed by atoms with van der Waals surface area (Å²) in [7, 11) is 0. The lowest BCUT2D eigenvalue weighted by molar-refractivity contribution is -0.116.